The predicted molar refractivity (Wildman–Crippen MR) is 62.9 cm³/mol. The van der Waals surface area contributed by atoms with Crippen molar-refractivity contribution in [3.05, 3.63) is 29.6 Å². The highest BCUT2D eigenvalue weighted by Crippen LogP contribution is 2.21. The summed E-state index contributed by atoms with van der Waals surface area (Å²) in [5, 5.41) is 12.2. The number of nitrogens with two attached hydrogens (primary N) is 1. The van der Waals surface area contributed by atoms with Gasteiger partial charge in [0.2, 0.25) is 5.91 Å². The smallest absolute Gasteiger partial charge is 0.218 e. The highest BCUT2D eigenvalue weighted by molar-refractivity contribution is 5.74. The molecular formula is C12H17FN2O2. The first-order chi connectivity index (χ1) is 7.90. The van der Waals surface area contributed by atoms with Crippen molar-refractivity contribution in [3.63, 3.8) is 0 Å². The number of aromatic hydroxyl groups is 1. The number of phenols is 1. The summed E-state index contributed by atoms with van der Waals surface area (Å²) in [5.74, 6) is -0.983. The molecule has 1 amide bonds. The maximum absolute atomic E-state index is 13.5. The van der Waals surface area contributed by atoms with Crippen molar-refractivity contribution in [1.82, 2.24) is 5.32 Å². The fraction of sp³-hybridized carbons (Fsp3) is 0.417. The first-order valence-corrected chi connectivity index (χ1v) is 5.43. The van der Waals surface area contributed by atoms with Crippen LogP contribution in [0.25, 0.3) is 0 Å². The molecule has 0 bridgehead atoms. The van der Waals surface area contributed by atoms with Crippen molar-refractivity contribution in [3.8, 4) is 5.75 Å². The molecule has 17 heavy (non-hydrogen) atoms. The zero-order valence-corrected chi connectivity index (χ0v) is 9.90. The summed E-state index contributed by atoms with van der Waals surface area (Å²) >= 11 is 0. The quantitative estimate of drug-likeness (QED) is 0.729. The number of hydrogen-bond donors (Lipinski definition) is 3. The lowest BCUT2D eigenvalue weighted by Gasteiger charge is -2.19. The molecule has 4 nitrogen and oxygen atoms in total. The molecule has 1 rings (SSSR count). The molecule has 0 heterocycles. The Kier molecular flexibility index (Phi) is 4.45. The van der Waals surface area contributed by atoms with E-state index >= 15 is 0 Å². The summed E-state index contributed by atoms with van der Waals surface area (Å²) in [5.41, 5.74) is 5.52. The van der Waals surface area contributed by atoms with E-state index in [1.807, 2.05) is 0 Å². The Bertz CT molecular complexity index is 409. The lowest BCUT2D eigenvalue weighted by Crippen LogP contribution is -2.33. The molecule has 0 saturated heterocycles. The van der Waals surface area contributed by atoms with Crippen molar-refractivity contribution in [2.24, 2.45) is 5.73 Å². The summed E-state index contributed by atoms with van der Waals surface area (Å²) < 4.78 is 13.5. The number of carbonyl (C=O) groups excluding carboxylic acids is 1. The van der Waals surface area contributed by atoms with Gasteiger partial charge in [0.05, 0.1) is 0 Å². The molecular weight excluding hydrogens is 223 g/mol. The van der Waals surface area contributed by atoms with Gasteiger partial charge >= 0.3 is 0 Å². The Morgan fingerprint density at radius 2 is 2.18 bits per heavy atom. The second kappa shape index (κ2) is 5.63. The molecule has 0 aromatic heterocycles. The Labute approximate surface area is 99.6 Å². The van der Waals surface area contributed by atoms with Gasteiger partial charge in [0.1, 0.15) is 11.6 Å². The largest absolute Gasteiger partial charge is 0.508 e. The topological polar surface area (TPSA) is 75.4 Å². The number of hydrogen-bond acceptors (Lipinski definition) is 3. The minimum absolute atomic E-state index is 0.108. The second-order valence-electron chi connectivity index (χ2n) is 4.17. The molecule has 0 saturated carbocycles. The molecule has 1 aromatic rings. The first kappa shape index (κ1) is 13.4. The van der Waals surface area contributed by atoms with Gasteiger partial charge in [0.25, 0.3) is 0 Å². The van der Waals surface area contributed by atoms with E-state index in [-0.39, 0.29) is 24.3 Å². The van der Waals surface area contributed by atoms with Crippen LogP contribution in [0.2, 0.25) is 0 Å². The zero-order valence-electron chi connectivity index (χ0n) is 9.90. The van der Waals surface area contributed by atoms with Crippen molar-refractivity contribution >= 4 is 5.91 Å². The SMILES string of the molecule is CC(CC(N)=O)NC(C)c1ccc(O)cc1F. The van der Waals surface area contributed by atoms with Gasteiger partial charge in [0, 0.05) is 30.1 Å². The Hall–Kier alpha value is -1.62. The van der Waals surface area contributed by atoms with E-state index in [9.17, 15) is 9.18 Å². The van der Waals surface area contributed by atoms with Gasteiger partial charge in [-0.3, -0.25) is 4.79 Å². The average Bonchev–Trinajstić information content (AvgIpc) is 2.15. The van der Waals surface area contributed by atoms with Gasteiger partial charge in [-0.1, -0.05) is 6.07 Å². The number of benzene rings is 1. The number of halogens is 1. The molecule has 4 N–H and O–H groups in total. The molecule has 0 fully saturated rings. The third-order valence-electron chi connectivity index (χ3n) is 2.49. The van der Waals surface area contributed by atoms with Crippen molar-refractivity contribution in [2.45, 2.75) is 32.4 Å². The van der Waals surface area contributed by atoms with Gasteiger partial charge in [-0.2, -0.15) is 0 Å². The molecule has 5 heteroatoms. The standard InChI is InChI=1S/C12H17FN2O2/c1-7(5-12(14)17)15-8(2)10-4-3-9(16)6-11(10)13/h3-4,6-8,15-16H,5H2,1-2H3,(H2,14,17). The van der Waals surface area contributed by atoms with Crippen LogP contribution in [0.1, 0.15) is 31.9 Å². The number of primary amides is 1. The first-order valence-electron chi connectivity index (χ1n) is 5.43. The van der Waals surface area contributed by atoms with E-state index in [2.05, 4.69) is 5.32 Å². The van der Waals surface area contributed by atoms with E-state index in [1.54, 1.807) is 13.8 Å². The highest BCUT2D eigenvalue weighted by Gasteiger charge is 2.14. The molecule has 2 atom stereocenters. The lowest BCUT2D eigenvalue weighted by molar-refractivity contribution is -0.118. The fourth-order valence-corrected chi connectivity index (χ4v) is 1.74. The minimum Gasteiger partial charge on any atom is -0.508 e. The Morgan fingerprint density at radius 3 is 2.71 bits per heavy atom. The number of phenolic OH excluding ortho intramolecular Hbond substituents is 1. The van der Waals surface area contributed by atoms with Crippen molar-refractivity contribution < 1.29 is 14.3 Å². The number of nitrogens with one attached hydrogen (secondary N) is 1. The van der Waals surface area contributed by atoms with Crippen LogP contribution in [-0.4, -0.2) is 17.1 Å². The normalized spacial score (nSPS) is 14.3. The van der Waals surface area contributed by atoms with Gasteiger partial charge < -0.3 is 16.2 Å². The monoisotopic (exact) mass is 240 g/mol. The lowest BCUT2D eigenvalue weighted by atomic mass is 10.1. The molecule has 0 radical (unpaired) electrons. The van der Waals surface area contributed by atoms with E-state index < -0.39 is 11.7 Å². The number of amides is 1. The van der Waals surface area contributed by atoms with Crippen LogP contribution in [-0.2, 0) is 4.79 Å². The molecule has 0 spiro atoms. The van der Waals surface area contributed by atoms with Crippen molar-refractivity contribution in [2.75, 3.05) is 0 Å². The van der Waals surface area contributed by atoms with Crippen LogP contribution in [0, 0.1) is 5.82 Å². The number of carbonyl (C=O) groups is 1. The molecule has 0 aliphatic carbocycles. The van der Waals surface area contributed by atoms with E-state index in [1.165, 1.54) is 12.1 Å². The van der Waals surface area contributed by atoms with Crippen LogP contribution in [0.5, 0.6) is 5.75 Å². The Balaban J connectivity index is 2.69. The van der Waals surface area contributed by atoms with Crippen LogP contribution >= 0.6 is 0 Å². The summed E-state index contributed by atoms with van der Waals surface area (Å²) in [6, 6.07) is 3.61. The summed E-state index contributed by atoms with van der Waals surface area (Å²) in [6.45, 7) is 3.59. The summed E-state index contributed by atoms with van der Waals surface area (Å²) in [7, 11) is 0. The molecule has 0 aliphatic heterocycles. The maximum Gasteiger partial charge on any atom is 0.218 e. The highest BCUT2D eigenvalue weighted by atomic mass is 19.1. The van der Waals surface area contributed by atoms with Crippen LogP contribution in [0.4, 0.5) is 4.39 Å². The van der Waals surface area contributed by atoms with Crippen LogP contribution in [0.3, 0.4) is 0 Å². The average molecular weight is 240 g/mol. The van der Waals surface area contributed by atoms with E-state index in [0.29, 0.717) is 5.56 Å². The number of rotatable bonds is 5. The maximum atomic E-state index is 13.5. The van der Waals surface area contributed by atoms with E-state index in [4.69, 9.17) is 10.8 Å². The zero-order chi connectivity index (χ0) is 13.0. The van der Waals surface area contributed by atoms with Gasteiger partial charge in [-0.15, -0.1) is 0 Å². The molecule has 2 unspecified atom stereocenters. The Morgan fingerprint density at radius 1 is 1.53 bits per heavy atom. The van der Waals surface area contributed by atoms with Gasteiger partial charge in [-0.25, -0.2) is 4.39 Å². The van der Waals surface area contributed by atoms with Gasteiger partial charge in [0.15, 0.2) is 0 Å². The van der Waals surface area contributed by atoms with Gasteiger partial charge in [-0.05, 0) is 19.9 Å². The summed E-state index contributed by atoms with van der Waals surface area (Å²) in [4.78, 5) is 10.7. The third-order valence-corrected chi connectivity index (χ3v) is 2.49. The predicted octanol–water partition coefficient (Wildman–Crippen LogP) is 1.45. The second-order valence-corrected chi connectivity index (χ2v) is 4.17. The fourth-order valence-electron chi connectivity index (χ4n) is 1.74. The van der Waals surface area contributed by atoms with Crippen molar-refractivity contribution in [1.29, 1.82) is 0 Å². The van der Waals surface area contributed by atoms with Crippen LogP contribution < -0.4 is 11.1 Å². The molecule has 1 aromatic carbocycles. The minimum atomic E-state index is -0.476. The molecule has 94 valence electrons. The van der Waals surface area contributed by atoms with E-state index in [0.717, 1.165) is 6.07 Å². The third kappa shape index (κ3) is 4.03. The summed E-state index contributed by atoms with van der Waals surface area (Å²) in [6.07, 6.45) is 0.198. The molecule has 0 aliphatic rings. The van der Waals surface area contributed by atoms with Crippen LogP contribution in [0.15, 0.2) is 18.2 Å².